The van der Waals surface area contributed by atoms with Gasteiger partial charge in [0, 0.05) is 12.1 Å². The molecular weight excluding hydrogens is 232 g/mol. The van der Waals surface area contributed by atoms with Crippen molar-refractivity contribution < 1.29 is 14.4 Å². The lowest BCUT2D eigenvalue weighted by Crippen LogP contribution is -2.30. The first-order chi connectivity index (χ1) is 8.40. The van der Waals surface area contributed by atoms with Crippen LogP contribution in [0.3, 0.4) is 0 Å². The molecule has 0 aliphatic rings. The lowest BCUT2D eigenvalue weighted by Gasteiger charge is -2.18. The fraction of sp³-hybridized carbons (Fsp3) is 0.538. The first-order valence-electron chi connectivity index (χ1n) is 6.23. The molecule has 0 heterocycles. The minimum atomic E-state index is -1.62. The zero-order chi connectivity index (χ0) is 13.7. The molecule has 1 aromatic carbocycles. The van der Waals surface area contributed by atoms with Crippen LogP contribution in [0.4, 0.5) is 4.39 Å². The fourth-order valence-corrected chi connectivity index (χ4v) is 1.70. The van der Waals surface area contributed by atoms with E-state index in [1.165, 1.54) is 6.07 Å². The molecule has 0 atom stereocenters. The van der Waals surface area contributed by atoms with Gasteiger partial charge in [0.05, 0.1) is 0 Å². The number of nitrogens with zero attached hydrogens (tertiary/aromatic N) is 1. The number of halogens is 1. The zero-order valence-corrected chi connectivity index (χ0v) is 11.2. The van der Waals surface area contributed by atoms with Crippen molar-refractivity contribution in [2.75, 3.05) is 13.6 Å². The summed E-state index contributed by atoms with van der Waals surface area (Å²) in [4.78, 5) is 2.06. The van der Waals surface area contributed by atoms with Crippen LogP contribution in [0.5, 0.6) is 0 Å². The van der Waals surface area contributed by atoms with Gasteiger partial charge in [-0.25, -0.2) is 4.39 Å². The molecule has 0 bridgehead atoms. The summed E-state index contributed by atoms with van der Waals surface area (Å²) in [6.07, 6.45) is 1.07. The summed E-state index contributed by atoms with van der Waals surface area (Å²) in [5.41, 5.74) is 0.756. The minimum Gasteiger partial charge on any atom is -0.423 e. The summed E-state index contributed by atoms with van der Waals surface area (Å²) in [6, 6.07) is 4.33. The highest BCUT2D eigenvalue weighted by molar-refractivity contribution is 6.58. The largest absolute Gasteiger partial charge is 0.488 e. The van der Waals surface area contributed by atoms with Crippen molar-refractivity contribution in [3.05, 3.63) is 29.6 Å². The van der Waals surface area contributed by atoms with Crippen molar-refractivity contribution in [1.82, 2.24) is 4.90 Å². The van der Waals surface area contributed by atoms with Crippen molar-refractivity contribution >= 4 is 12.6 Å². The highest BCUT2D eigenvalue weighted by Gasteiger charge is 2.14. The average Bonchev–Trinajstić information content (AvgIpc) is 2.29. The third-order valence-electron chi connectivity index (χ3n) is 2.90. The third kappa shape index (κ3) is 4.76. The number of rotatable bonds is 6. The summed E-state index contributed by atoms with van der Waals surface area (Å²) in [6.45, 7) is 5.76. The van der Waals surface area contributed by atoms with Crippen LogP contribution < -0.4 is 5.46 Å². The molecule has 0 aliphatic carbocycles. The molecule has 0 radical (unpaired) electrons. The standard InChI is InChI=1S/C13H21BFNO2/c1-10(2)6-7-16(3)9-11-4-5-12(14(17)18)8-13(11)15/h4-5,8,10,17-18H,6-7,9H2,1-3H3. The van der Waals surface area contributed by atoms with Crippen LogP contribution in [-0.2, 0) is 6.54 Å². The van der Waals surface area contributed by atoms with E-state index in [0.717, 1.165) is 13.0 Å². The quantitative estimate of drug-likeness (QED) is 0.743. The van der Waals surface area contributed by atoms with E-state index < -0.39 is 12.9 Å². The van der Waals surface area contributed by atoms with Crippen LogP contribution in [0.1, 0.15) is 25.8 Å². The van der Waals surface area contributed by atoms with Gasteiger partial charge in [0.2, 0.25) is 0 Å². The van der Waals surface area contributed by atoms with Gasteiger partial charge in [0.15, 0.2) is 0 Å². The molecule has 3 nitrogen and oxygen atoms in total. The van der Waals surface area contributed by atoms with Crippen molar-refractivity contribution in [2.45, 2.75) is 26.8 Å². The van der Waals surface area contributed by atoms with E-state index in [1.807, 2.05) is 7.05 Å². The maximum atomic E-state index is 13.7. The SMILES string of the molecule is CC(C)CCN(C)Cc1ccc(B(O)O)cc1F. The Kier molecular flexibility index (Phi) is 5.79. The van der Waals surface area contributed by atoms with E-state index >= 15 is 0 Å². The molecule has 0 aromatic heterocycles. The van der Waals surface area contributed by atoms with Gasteiger partial charge in [-0.3, -0.25) is 0 Å². The molecule has 0 spiro atoms. The second-order valence-corrected chi connectivity index (χ2v) is 5.14. The van der Waals surface area contributed by atoms with Gasteiger partial charge in [-0.05, 0) is 37.5 Å². The normalized spacial score (nSPS) is 11.3. The summed E-state index contributed by atoms with van der Waals surface area (Å²) >= 11 is 0. The van der Waals surface area contributed by atoms with Gasteiger partial charge < -0.3 is 14.9 Å². The Morgan fingerprint density at radius 2 is 2.00 bits per heavy atom. The smallest absolute Gasteiger partial charge is 0.423 e. The maximum absolute atomic E-state index is 13.7. The van der Waals surface area contributed by atoms with Crippen molar-refractivity contribution in [2.24, 2.45) is 5.92 Å². The molecule has 0 saturated heterocycles. The van der Waals surface area contributed by atoms with Gasteiger partial charge in [0.25, 0.3) is 0 Å². The molecule has 0 aliphatic heterocycles. The van der Waals surface area contributed by atoms with E-state index in [-0.39, 0.29) is 5.46 Å². The second kappa shape index (κ2) is 6.88. The molecule has 0 unspecified atom stereocenters. The highest BCUT2D eigenvalue weighted by atomic mass is 19.1. The van der Waals surface area contributed by atoms with Crippen LogP contribution in [0.2, 0.25) is 0 Å². The molecule has 2 N–H and O–H groups in total. The first-order valence-corrected chi connectivity index (χ1v) is 6.23. The van der Waals surface area contributed by atoms with Crippen LogP contribution in [-0.4, -0.2) is 35.7 Å². The topological polar surface area (TPSA) is 43.7 Å². The summed E-state index contributed by atoms with van der Waals surface area (Å²) in [5, 5.41) is 17.9. The molecule has 100 valence electrons. The number of hydrogen-bond acceptors (Lipinski definition) is 3. The predicted molar refractivity (Wildman–Crippen MR) is 72.0 cm³/mol. The minimum absolute atomic E-state index is 0.182. The highest BCUT2D eigenvalue weighted by Crippen LogP contribution is 2.09. The zero-order valence-electron chi connectivity index (χ0n) is 11.2. The summed E-state index contributed by atoms with van der Waals surface area (Å²) in [5.74, 6) is 0.237. The predicted octanol–water partition coefficient (Wildman–Crippen LogP) is 0.983. The van der Waals surface area contributed by atoms with Crippen molar-refractivity contribution in [3.63, 3.8) is 0 Å². The van der Waals surface area contributed by atoms with Crippen LogP contribution in [0.25, 0.3) is 0 Å². The first kappa shape index (κ1) is 15.2. The van der Waals surface area contributed by atoms with E-state index in [1.54, 1.807) is 12.1 Å². The maximum Gasteiger partial charge on any atom is 0.488 e. The molecule has 1 rings (SSSR count). The fourth-order valence-electron chi connectivity index (χ4n) is 1.70. The van der Waals surface area contributed by atoms with E-state index in [0.29, 0.717) is 18.0 Å². The molecule has 1 aromatic rings. The van der Waals surface area contributed by atoms with Gasteiger partial charge in [-0.2, -0.15) is 0 Å². The molecule has 0 saturated carbocycles. The molecule has 0 amide bonds. The summed E-state index contributed by atoms with van der Waals surface area (Å²) < 4.78 is 13.7. The summed E-state index contributed by atoms with van der Waals surface area (Å²) in [7, 11) is 0.337. The molecule has 18 heavy (non-hydrogen) atoms. The van der Waals surface area contributed by atoms with E-state index in [4.69, 9.17) is 10.0 Å². The van der Waals surface area contributed by atoms with Gasteiger partial charge in [-0.15, -0.1) is 0 Å². The van der Waals surface area contributed by atoms with Gasteiger partial charge >= 0.3 is 7.12 Å². The molecule has 5 heteroatoms. The van der Waals surface area contributed by atoms with Crippen molar-refractivity contribution in [3.8, 4) is 0 Å². The Bertz CT molecular complexity index is 385. The Hall–Kier alpha value is -0.905. The van der Waals surface area contributed by atoms with Gasteiger partial charge in [0.1, 0.15) is 5.82 Å². The van der Waals surface area contributed by atoms with Crippen molar-refractivity contribution in [1.29, 1.82) is 0 Å². The molecule has 0 fully saturated rings. The second-order valence-electron chi connectivity index (χ2n) is 5.14. The van der Waals surface area contributed by atoms with Crippen LogP contribution >= 0.6 is 0 Å². The third-order valence-corrected chi connectivity index (χ3v) is 2.90. The average molecular weight is 253 g/mol. The van der Waals surface area contributed by atoms with Crippen LogP contribution in [0.15, 0.2) is 18.2 Å². The molecular formula is C13H21BFNO2. The lowest BCUT2D eigenvalue weighted by molar-refractivity contribution is 0.299. The Morgan fingerprint density at radius 3 is 2.50 bits per heavy atom. The lowest BCUT2D eigenvalue weighted by atomic mass is 9.80. The Morgan fingerprint density at radius 1 is 1.33 bits per heavy atom. The van der Waals surface area contributed by atoms with E-state index in [2.05, 4.69) is 18.7 Å². The number of hydrogen-bond donors (Lipinski definition) is 2. The monoisotopic (exact) mass is 253 g/mol. The Balaban J connectivity index is 2.62. The van der Waals surface area contributed by atoms with Crippen LogP contribution in [0, 0.1) is 11.7 Å². The number of benzene rings is 1. The van der Waals surface area contributed by atoms with Gasteiger partial charge in [-0.1, -0.05) is 26.0 Å². The van der Waals surface area contributed by atoms with E-state index in [9.17, 15) is 4.39 Å². The Labute approximate surface area is 108 Å².